The fraction of sp³-hybridized carbons (Fsp3) is 0.778. The lowest BCUT2D eigenvalue weighted by Gasteiger charge is -2.20. The minimum Gasteiger partial charge on any atom is -0.468 e. The van der Waals surface area contributed by atoms with Crippen LogP contribution in [0.5, 0.6) is 0 Å². The Morgan fingerprint density at radius 3 is 2.57 bits per heavy atom. The summed E-state index contributed by atoms with van der Waals surface area (Å²) < 4.78 is 10.5. The van der Waals surface area contributed by atoms with Crippen LogP contribution in [0.3, 0.4) is 0 Å². The van der Waals surface area contributed by atoms with Gasteiger partial charge in [-0.05, 0) is 13.8 Å². The van der Waals surface area contributed by atoms with Crippen molar-refractivity contribution in [3.63, 3.8) is 0 Å². The van der Waals surface area contributed by atoms with Gasteiger partial charge >= 0.3 is 11.9 Å². The zero-order valence-electron chi connectivity index (χ0n) is 8.43. The minimum absolute atomic E-state index is 0.383. The highest BCUT2D eigenvalue weighted by Gasteiger charge is 2.56. The van der Waals surface area contributed by atoms with Crippen LogP contribution < -0.4 is 0 Å². The van der Waals surface area contributed by atoms with Gasteiger partial charge in [0.1, 0.15) is 5.60 Å². The van der Waals surface area contributed by atoms with Gasteiger partial charge in [-0.3, -0.25) is 9.59 Å². The van der Waals surface area contributed by atoms with Crippen molar-refractivity contribution in [3.05, 3.63) is 0 Å². The minimum atomic E-state index is -1.13. The first-order valence-electron chi connectivity index (χ1n) is 4.26. The van der Waals surface area contributed by atoms with Crippen LogP contribution in [-0.4, -0.2) is 29.1 Å². The standard InChI is InChI=1S/C9H13IO4/c1-8(5-10)4-9(2,6(11)13-3)7(12)14-8/h4-5H2,1-3H3/t8-,9+/m1/s1. The van der Waals surface area contributed by atoms with E-state index in [1.54, 1.807) is 6.92 Å². The van der Waals surface area contributed by atoms with Crippen LogP contribution in [0.25, 0.3) is 0 Å². The third kappa shape index (κ3) is 1.74. The lowest BCUT2D eigenvalue weighted by molar-refractivity contribution is -0.162. The van der Waals surface area contributed by atoms with Gasteiger partial charge in [-0.25, -0.2) is 0 Å². The van der Waals surface area contributed by atoms with E-state index in [0.29, 0.717) is 10.8 Å². The number of halogens is 1. The molecule has 1 rings (SSSR count). The number of rotatable bonds is 2. The third-order valence-electron chi connectivity index (χ3n) is 2.44. The zero-order valence-corrected chi connectivity index (χ0v) is 10.6. The molecule has 5 heteroatoms. The van der Waals surface area contributed by atoms with Gasteiger partial charge in [0.2, 0.25) is 0 Å². The molecule has 80 valence electrons. The molecule has 0 aromatic heterocycles. The summed E-state index contributed by atoms with van der Waals surface area (Å²) in [5, 5.41) is 0. The first kappa shape index (κ1) is 11.7. The fourth-order valence-corrected chi connectivity index (χ4v) is 2.07. The van der Waals surface area contributed by atoms with Crippen molar-refractivity contribution in [1.29, 1.82) is 0 Å². The average molecular weight is 312 g/mol. The van der Waals surface area contributed by atoms with Crippen molar-refractivity contribution in [2.75, 3.05) is 11.5 Å². The number of methoxy groups -OCH3 is 1. The lowest BCUT2D eigenvalue weighted by atomic mass is 9.83. The molecule has 0 unspecified atom stereocenters. The normalized spacial score (nSPS) is 36.7. The second-order valence-electron chi connectivity index (χ2n) is 3.97. The maximum Gasteiger partial charge on any atom is 0.323 e. The summed E-state index contributed by atoms with van der Waals surface area (Å²) in [5.41, 5.74) is -1.67. The maximum atomic E-state index is 11.5. The number of esters is 2. The molecule has 0 amide bonds. The van der Waals surface area contributed by atoms with Gasteiger partial charge < -0.3 is 9.47 Å². The average Bonchev–Trinajstić information content (AvgIpc) is 2.38. The molecule has 0 aromatic carbocycles. The van der Waals surface area contributed by atoms with E-state index >= 15 is 0 Å². The predicted molar refractivity (Wildman–Crippen MR) is 58.1 cm³/mol. The highest BCUT2D eigenvalue weighted by atomic mass is 127. The summed E-state index contributed by atoms with van der Waals surface area (Å²) >= 11 is 2.14. The van der Waals surface area contributed by atoms with Crippen molar-refractivity contribution in [2.24, 2.45) is 5.41 Å². The Morgan fingerprint density at radius 2 is 2.21 bits per heavy atom. The fourth-order valence-electron chi connectivity index (χ4n) is 1.65. The van der Waals surface area contributed by atoms with Crippen LogP contribution in [0.1, 0.15) is 20.3 Å². The first-order chi connectivity index (χ1) is 6.38. The van der Waals surface area contributed by atoms with Crippen LogP contribution in [0.2, 0.25) is 0 Å². The Bertz CT molecular complexity index is 278. The van der Waals surface area contributed by atoms with E-state index < -0.39 is 23.0 Å². The summed E-state index contributed by atoms with van der Waals surface area (Å²) in [7, 11) is 1.28. The largest absolute Gasteiger partial charge is 0.468 e. The van der Waals surface area contributed by atoms with Crippen molar-refractivity contribution in [3.8, 4) is 0 Å². The lowest BCUT2D eigenvalue weighted by Crippen LogP contribution is -2.34. The van der Waals surface area contributed by atoms with Gasteiger partial charge in [-0.2, -0.15) is 0 Å². The molecule has 0 aliphatic carbocycles. The Labute approximate surface area is 96.5 Å². The summed E-state index contributed by atoms with van der Waals surface area (Å²) in [5.74, 6) is -1.00. The molecule has 1 heterocycles. The van der Waals surface area contributed by atoms with Crippen LogP contribution in [0, 0.1) is 5.41 Å². The van der Waals surface area contributed by atoms with E-state index in [2.05, 4.69) is 27.3 Å². The molecule has 0 bridgehead atoms. The summed E-state index contributed by atoms with van der Waals surface area (Å²) in [6.07, 6.45) is 0.383. The van der Waals surface area contributed by atoms with Gasteiger partial charge in [0.15, 0.2) is 5.41 Å². The smallest absolute Gasteiger partial charge is 0.323 e. The van der Waals surface area contributed by atoms with Crippen LogP contribution in [-0.2, 0) is 19.1 Å². The SMILES string of the molecule is COC(=O)[C@]1(C)C[C@](C)(CI)OC1=O. The molecule has 0 N–H and O–H groups in total. The number of hydrogen-bond acceptors (Lipinski definition) is 4. The van der Waals surface area contributed by atoms with Gasteiger partial charge in [0, 0.05) is 10.8 Å². The maximum absolute atomic E-state index is 11.5. The molecule has 0 spiro atoms. The van der Waals surface area contributed by atoms with Crippen molar-refractivity contribution in [1.82, 2.24) is 0 Å². The van der Waals surface area contributed by atoms with Crippen LogP contribution in [0.4, 0.5) is 0 Å². The van der Waals surface area contributed by atoms with E-state index in [-0.39, 0.29) is 0 Å². The molecule has 1 fully saturated rings. The monoisotopic (exact) mass is 312 g/mol. The van der Waals surface area contributed by atoms with Crippen molar-refractivity contribution >= 4 is 34.5 Å². The molecule has 1 aliphatic heterocycles. The van der Waals surface area contributed by atoms with Gasteiger partial charge in [0.25, 0.3) is 0 Å². The second-order valence-corrected chi connectivity index (χ2v) is 4.74. The number of carbonyl (C=O) groups is 2. The van der Waals surface area contributed by atoms with Crippen molar-refractivity contribution < 1.29 is 19.1 Å². The van der Waals surface area contributed by atoms with E-state index in [9.17, 15) is 9.59 Å². The molecule has 1 saturated heterocycles. The topological polar surface area (TPSA) is 52.6 Å². The molecular weight excluding hydrogens is 299 g/mol. The molecule has 1 aliphatic rings. The van der Waals surface area contributed by atoms with E-state index in [4.69, 9.17) is 4.74 Å². The van der Waals surface area contributed by atoms with Crippen molar-refractivity contribution in [2.45, 2.75) is 25.9 Å². The zero-order chi connectivity index (χ0) is 11.0. The highest BCUT2D eigenvalue weighted by molar-refractivity contribution is 14.1. The molecule has 2 atom stereocenters. The quantitative estimate of drug-likeness (QED) is 0.334. The molecule has 0 saturated carbocycles. The highest BCUT2D eigenvalue weighted by Crippen LogP contribution is 2.41. The molecule has 0 aromatic rings. The Hall–Kier alpha value is -0.330. The number of hydrogen-bond donors (Lipinski definition) is 0. The summed E-state index contributed by atoms with van der Waals surface area (Å²) in [6, 6.07) is 0. The second kappa shape index (κ2) is 3.67. The predicted octanol–water partition coefficient (Wildman–Crippen LogP) is 1.31. The number of ether oxygens (including phenoxy) is 2. The Morgan fingerprint density at radius 1 is 1.64 bits per heavy atom. The Balaban J connectivity index is 2.94. The molecule has 14 heavy (non-hydrogen) atoms. The summed E-state index contributed by atoms with van der Waals surface area (Å²) in [6.45, 7) is 3.39. The molecule has 0 radical (unpaired) electrons. The summed E-state index contributed by atoms with van der Waals surface area (Å²) in [4.78, 5) is 23.0. The number of carbonyl (C=O) groups excluding carboxylic acids is 2. The van der Waals surface area contributed by atoms with Gasteiger partial charge in [-0.15, -0.1) is 0 Å². The van der Waals surface area contributed by atoms with E-state index in [1.165, 1.54) is 7.11 Å². The number of alkyl halides is 1. The Kier molecular flexibility index (Phi) is 3.08. The van der Waals surface area contributed by atoms with Crippen LogP contribution >= 0.6 is 22.6 Å². The first-order valence-corrected chi connectivity index (χ1v) is 5.78. The number of cyclic esters (lactones) is 1. The van der Waals surface area contributed by atoms with Gasteiger partial charge in [0.05, 0.1) is 7.11 Å². The van der Waals surface area contributed by atoms with Crippen LogP contribution in [0.15, 0.2) is 0 Å². The third-order valence-corrected chi connectivity index (χ3v) is 4.05. The molecule has 4 nitrogen and oxygen atoms in total. The van der Waals surface area contributed by atoms with Gasteiger partial charge in [-0.1, -0.05) is 22.6 Å². The molecular formula is C9H13IO4. The van der Waals surface area contributed by atoms with E-state index in [1.807, 2.05) is 6.92 Å². The van der Waals surface area contributed by atoms with E-state index in [0.717, 1.165) is 0 Å².